The van der Waals surface area contributed by atoms with Gasteiger partial charge >= 0.3 is 0 Å². The third kappa shape index (κ3) is 4.77. The maximum Gasteiger partial charge on any atom is 0.271 e. The second kappa shape index (κ2) is 5.09. The number of sulfone groups is 1. The van der Waals surface area contributed by atoms with Crippen LogP contribution in [0.4, 0.5) is 0 Å². The lowest BCUT2D eigenvalue weighted by atomic mass is 10.3. The summed E-state index contributed by atoms with van der Waals surface area (Å²) in [5.41, 5.74) is -0.379. The Kier molecular flexibility index (Phi) is 4.00. The number of hydrogen-bond donors (Lipinski definition) is 2. The maximum atomic E-state index is 11.6. The van der Waals surface area contributed by atoms with Crippen LogP contribution in [0, 0.1) is 0 Å². The fourth-order valence-electron chi connectivity index (χ4n) is 1.26. The van der Waals surface area contributed by atoms with Crippen LogP contribution in [0.25, 0.3) is 0 Å². The molecule has 1 rings (SSSR count). The summed E-state index contributed by atoms with van der Waals surface area (Å²) in [6.45, 7) is 1.57. The maximum absolute atomic E-state index is 11.6. The standard InChI is InChI=1S/C9H13N3O4S/c1-6(5-17(2,15)16)10-9(14)7-3-4-8(13)12-11-7/h3-4,6H,5H2,1-2H3,(H,10,14)(H,12,13). The van der Waals surface area contributed by atoms with E-state index < -0.39 is 27.3 Å². The number of rotatable bonds is 4. The number of nitrogens with zero attached hydrogens (tertiary/aromatic N) is 1. The summed E-state index contributed by atoms with van der Waals surface area (Å²) < 4.78 is 22.0. The van der Waals surface area contributed by atoms with Crippen molar-refractivity contribution in [1.82, 2.24) is 15.5 Å². The molecule has 1 atom stereocenters. The van der Waals surface area contributed by atoms with E-state index in [1.54, 1.807) is 6.92 Å². The highest BCUT2D eigenvalue weighted by Gasteiger charge is 2.15. The van der Waals surface area contributed by atoms with E-state index >= 15 is 0 Å². The van der Waals surface area contributed by atoms with Crippen molar-refractivity contribution in [3.05, 3.63) is 28.2 Å². The van der Waals surface area contributed by atoms with E-state index in [-0.39, 0.29) is 11.4 Å². The predicted octanol–water partition coefficient (Wildman–Crippen LogP) is -1.07. The average Bonchev–Trinajstić information content (AvgIpc) is 2.15. The highest BCUT2D eigenvalue weighted by atomic mass is 32.2. The quantitative estimate of drug-likeness (QED) is 0.715. The van der Waals surface area contributed by atoms with E-state index in [4.69, 9.17) is 0 Å². The zero-order valence-corrected chi connectivity index (χ0v) is 10.2. The van der Waals surface area contributed by atoms with Crippen LogP contribution in [-0.2, 0) is 9.84 Å². The van der Waals surface area contributed by atoms with Crippen molar-refractivity contribution in [1.29, 1.82) is 0 Å². The van der Waals surface area contributed by atoms with Crippen LogP contribution < -0.4 is 10.9 Å². The molecule has 2 N–H and O–H groups in total. The van der Waals surface area contributed by atoms with E-state index in [9.17, 15) is 18.0 Å². The van der Waals surface area contributed by atoms with Crippen molar-refractivity contribution in [3.8, 4) is 0 Å². The molecule has 0 saturated carbocycles. The Bertz CT molecular complexity index is 543. The summed E-state index contributed by atoms with van der Waals surface area (Å²) in [7, 11) is -3.15. The first-order valence-electron chi connectivity index (χ1n) is 4.82. The molecule has 0 aromatic carbocycles. The van der Waals surface area contributed by atoms with E-state index in [0.717, 1.165) is 6.26 Å². The summed E-state index contributed by atoms with van der Waals surface area (Å²) >= 11 is 0. The molecule has 0 spiro atoms. The molecule has 0 fully saturated rings. The third-order valence-corrected chi connectivity index (χ3v) is 2.95. The summed E-state index contributed by atoms with van der Waals surface area (Å²) in [6.07, 6.45) is 1.09. The predicted molar refractivity (Wildman–Crippen MR) is 61.5 cm³/mol. The first-order chi connectivity index (χ1) is 7.78. The lowest BCUT2D eigenvalue weighted by Gasteiger charge is -2.11. The minimum Gasteiger partial charge on any atom is -0.347 e. The molecule has 0 bridgehead atoms. The molecule has 0 aliphatic rings. The fourth-order valence-corrected chi connectivity index (χ4v) is 2.26. The molecule has 94 valence electrons. The molecule has 1 heterocycles. The second-order valence-corrected chi connectivity index (χ2v) is 5.96. The Morgan fingerprint density at radius 2 is 2.18 bits per heavy atom. The van der Waals surface area contributed by atoms with Gasteiger partial charge in [0, 0.05) is 18.4 Å². The molecule has 0 radical (unpaired) electrons. The van der Waals surface area contributed by atoms with Crippen LogP contribution in [0.3, 0.4) is 0 Å². The van der Waals surface area contributed by atoms with Gasteiger partial charge in [0.15, 0.2) is 0 Å². The van der Waals surface area contributed by atoms with E-state index in [1.807, 2.05) is 0 Å². The normalized spacial score (nSPS) is 13.1. The Morgan fingerprint density at radius 1 is 1.53 bits per heavy atom. The smallest absolute Gasteiger partial charge is 0.271 e. The molecule has 1 unspecified atom stereocenters. The number of carbonyl (C=O) groups excluding carboxylic acids is 1. The van der Waals surface area contributed by atoms with E-state index in [2.05, 4.69) is 15.5 Å². The third-order valence-electron chi connectivity index (χ3n) is 1.84. The summed E-state index contributed by atoms with van der Waals surface area (Å²) in [4.78, 5) is 22.3. The van der Waals surface area contributed by atoms with Gasteiger partial charge in [0.25, 0.3) is 11.5 Å². The Morgan fingerprint density at radius 3 is 2.65 bits per heavy atom. The minimum absolute atomic E-state index is 0.0324. The first kappa shape index (κ1) is 13.4. The lowest BCUT2D eigenvalue weighted by molar-refractivity contribution is 0.0937. The zero-order valence-electron chi connectivity index (χ0n) is 9.43. The molecule has 1 amide bonds. The Balaban J connectivity index is 2.67. The second-order valence-electron chi connectivity index (χ2n) is 3.77. The largest absolute Gasteiger partial charge is 0.347 e. The van der Waals surface area contributed by atoms with E-state index in [1.165, 1.54) is 12.1 Å². The van der Waals surface area contributed by atoms with Crippen LogP contribution in [0.15, 0.2) is 16.9 Å². The zero-order chi connectivity index (χ0) is 13.1. The number of aromatic amines is 1. The number of nitrogens with one attached hydrogen (secondary N) is 2. The van der Waals surface area contributed by atoms with Gasteiger partial charge in [-0.25, -0.2) is 13.5 Å². The summed E-state index contributed by atoms with van der Waals surface area (Å²) in [5.74, 6) is -0.681. The molecular weight excluding hydrogens is 246 g/mol. The molecule has 7 nitrogen and oxygen atoms in total. The molecule has 0 aliphatic heterocycles. The molecule has 8 heteroatoms. The summed E-state index contributed by atoms with van der Waals surface area (Å²) in [6, 6.07) is 1.91. The van der Waals surface area contributed by atoms with Crippen molar-refractivity contribution in [3.63, 3.8) is 0 Å². The van der Waals surface area contributed by atoms with Crippen LogP contribution >= 0.6 is 0 Å². The van der Waals surface area contributed by atoms with Crippen molar-refractivity contribution < 1.29 is 13.2 Å². The van der Waals surface area contributed by atoms with Gasteiger partial charge in [-0.1, -0.05) is 0 Å². The molecule has 0 aliphatic carbocycles. The van der Waals surface area contributed by atoms with Gasteiger partial charge in [-0.05, 0) is 13.0 Å². The number of H-pyrrole nitrogens is 1. The van der Waals surface area contributed by atoms with Crippen molar-refractivity contribution in [2.24, 2.45) is 0 Å². The summed E-state index contributed by atoms with van der Waals surface area (Å²) in [5, 5.41) is 8.12. The topological polar surface area (TPSA) is 109 Å². The molecular formula is C9H13N3O4S. The molecule has 17 heavy (non-hydrogen) atoms. The van der Waals surface area contributed by atoms with Crippen LogP contribution in [-0.4, -0.2) is 42.6 Å². The van der Waals surface area contributed by atoms with Gasteiger partial charge in [0.2, 0.25) is 0 Å². The number of carbonyl (C=O) groups is 1. The monoisotopic (exact) mass is 259 g/mol. The first-order valence-corrected chi connectivity index (χ1v) is 6.88. The molecule has 1 aromatic rings. The van der Waals surface area contributed by atoms with Gasteiger partial charge in [-0.2, -0.15) is 5.10 Å². The minimum atomic E-state index is -3.15. The van der Waals surface area contributed by atoms with Crippen molar-refractivity contribution in [2.45, 2.75) is 13.0 Å². The van der Waals surface area contributed by atoms with Crippen molar-refractivity contribution >= 4 is 15.7 Å². The molecule has 1 aromatic heterocycles. The highest BCUT2D eigenvalue weighted by Crippen LogP contribution is 1.94. The van der Waals surface area contributed by atoms with E-state index in [0.29, 0.717) is 0 Å². The van der Waals surface area contributed by atoms with Crippen LogP contribution in [0.2, 0.25) is 0 Å². The molecule has 0 saturated heterocycles. The van der Waals surface area contributed by atoms with Gasteiger partial charge in [0.05, 0.1) is 5.75 Å². The van der Waals surface area contributed by atoms with Gasteiger partial charge < -0.3 is 5.32 Å². The number of hydrogen-bond acceptors (Lipinski definition) is 5. The Hall–Kier alpha value is -1.70. The number of aromatic nitrogens is 2. The highest BCUT2D eigenvalue weighted by molar-refractivity contribution is 7.90. The SMILES string of the molecule is CC(CS(C)(=O)=O)NC(=O)c1ccc(=O)[nH]n1. The van der Waals surface area contributed by atoms with Gasteiger partial charge in [-0.15, -0.1) is 0 Å². The van der Waals surface area contributed by atoms with Crippen LogP contribution in [0.1, 0.15) is 17.4 Å². The fraction of sp³-hybridized carbons (Fsp3) is 0.444. The lowest BCUT2D eigenvalue weighted by Crippen LogP contribution is -2.38. The van der Waals surface area contributed by atoms with Crippen LogP contribution in [0.5, 0.6) is 0 Å². The van der Waals surface area contributed by atoms with Gasteiger partial charge in [0.1, 0.15) is 15.5 Å². The van der Waals surface area contributed by atoms with Gasteiger partial charge in [-0.3, -0.25) is 9.59 Å². The average molecular weight is 259 g/mol. The Labute approximate surface area is 98.2 Å². The van der Waals surface area contributed by atoms with Crippen molar-refractivity contribution in [2.75, 3.05) is 12.0 Å². The number of amides is 1.